The van der Waals surface area contributed by atoms with Crippen molar-refractivity contribution < 1.29 is 24.2 Å². The van der Waals surface area contributed by atoms with Gasteiger partial charge in [-0.15, -0.1) is 0 Å². The Labute approximate surface area is 93.1 Å². The summed E-state index contributed by atoms with van der Waals surface area (Å²) in [5, 5.41) is 9.13. The lowest BCUT2D eigenvalue weighted by Crippen LogP contribution is -2.36. The predicted molar refractivity (Wildman–Crippen MR) is 54.7 cm³/mol. The summed E-state index contributed by atoms with van der Waals surface area (Å²) >= 11 is 0. The zero-order valence-electron chi connectivity index (χ0n) is 9.49. The monoisotopic (exact) mass is 226 g/mol. The number of carboxylic acids is 1. The molecule has 5 heteroatoms. The van der Waals surface area contributed by atoms with E-state index in [9.17, 15) is 14.4 Å². The summed E-state index contributed by atoms with van der Waals surface area (Å²) in [6, 6.07) is 0. The van der Waals surface area contributed by atoms with Gasteiger partial charge in [-0.25, -0.2) is 4.79 Å². The van der Waals surface area contributed by atoms with Crippen molar-refractivity contribution in [2.45, 2.75) is 26.7 Å². The van der Waals surface area contributed by atoms with Crippen LogP contribution in [-0.2, 0) is 19.1 Å². The third kappa shape index (κ3) is 1.73. The number of rotatable bonds is 2. The lowest BCUT2D eigenvalue weighted by Gasteiger charge is -2.31. The quantitative estimate of drug-likeness (QED) is 0.559. The van der Waals surface area contributed by atoms with Crippen LogP contribution in [-0.4, -0.2) is 29.9 Å². The first kappa shape index (κ1) is 12.4. The van der Waals surface area contributed by atoms with Crippen LogP contribution < -0.4 is 0 Å². The molecule has 88 valence electrons. The van der Waals surface area contributed by atoms with E-state index in [0.29, 0.717) is 0 Å². The molecule has 0 saturated heterocycles. The maximum absolute atomic E-state index is 11.6. The van der Waals surface area contributed by atoms with Gasteiger partial charge in [0, 0.05) is 6.42 Å². The Morgan fingerprint density at radius 3 is 2.44 bits per heavy atom. The highest BCUT2D eigenvalue weighted by atomic mass is 16.5. The normalized spacial score (nSPS) is 25.6. The number of esters is 1. The molecule has 0 fully saturated rings. The summed E-state index contributed by atoms with van der Waals surface area (Å²) in [6.07, 6.45) is 0.276. The molecule has 1 atom stereocenters. The van der Waals surface area contributed by atoms with Gasteiger partial charge >= 0.3 is 11.9 Å². The van der Waals surface area contributed by atoms with Gasteiger partial charge in [-0.3, -0.25) is 9.59 Å². The zero-order valence-corrected chi connectivity index (χ0v) is 9.49. The number of hydrogen-bond donors (Lipinski definition) is 1. The number of carbonyl (C=O) groups is 3. The van der Waals surface area contributed by atoms with Crippen molar-refractivity contribution in [3.8, 4) is 0 Å². The molecule has 0 heterocycles. The number of ketones is 1. The van der Waals surface area contributed by atoms with E-state index < -0.39 is 17.4 Å². The molecule has 1 N–H and O–H groups in total. The summed E-state index contributed by atoms with van der Waals surface area (Å²) in [4.78, 5) is 34.1. The van der Waals surface area contributed by atoms with E-state index in [1.807, 2.05) is 0 Å². The molecule has 16 heavy (non-hydrogen) atoms. The Hall–Kier alpha value is -1.65. The molecule has 5 nitrogen and oxygen atoms in total. The Morgan fingerprint density at radius 1 is 1.44 bits per heavy atom. The van der Waals surface area contributed by atoms with Crippen LogP contribution in [0.3, 0.4) is 0 Å². The van der Waals surface area contributed by atoms with E-state index in [1.165, 1.54) is 21.0 Å². The first-order valence-electron chi connectivity index (χ1n) is 4.91. The number of methoxy groups -OCH3 is 1. The van der Waals surface area contributed by atoms with Crippen LogP contribution in [0.25, 0.3) is 0 Å². The molecular formula is C11H14O5. The highest BCUT2D eigenvalue weighted by Gasteiger charge is 2.43. The van der Waals surface area contributed by atoms with Gasteiger partial charge in [-0.1, -0.05) is 0 Å². The summed E-state index contributed by atoms with van der Waals surface area (Å²) < 4.78 is 4.49. The number of hydrogen-bond acceptors (Lipinski definition) is 4. The lowest BCUT2D eigenvalue weighted by atomic mass is 9.71. The standard InChI is InChI=1S/C11H14O5/c1-6-8(9(13)16-3)7(12)4-5-11(6,2)10(14)15/h4-5H2,1-3H3,(H,14,15). The van der Waals surface area contributed by atoms with Gasteiger partial charge in [0.1, 0.15) is 5.57 Å². The minimum Gasteiger partial charge on any atom is -0.481 e. The molecule has 0 aliphatic heterocycles. The summed E-state index contributed by atoms with van der Waals surface area (Å²) in [6.45, 7) is 3.01. The predicted octanol–water partition coefficient (Wildman–Crippen LogP) is 0.930. The molecule has 0 bridgehead atoms. The van der Waals surface area contributed by atoms with E-state index in [-0.39, 0.29) is 29.8 Å². The molecule has 1 aliphatic rings. The van der Waals surface area contributed by atoms with E-state index in [4.69, 9.17) is 5.11 Å². The van der Waals surface area contributed by atoms with Gasteiger partial charge in [-0.05, 0) is 25.8 Å². The topological polar surface area (TPSA) is 80.7 Å². The van der Waals surface area contributed by atoms with Gasteiger partial charge in [0.15, 0.2) is 5.78 Å². The second kappa shape index (κ2) is 4.08. The fraction of sp³-hybridized carbons (Fsp3) is 0.545. The molecule has 0 radical (unpaired) electrons. The van der Waals surface area contributed by atoms with Crippen molar-refractivity contribution in [3.63, 3.8) is 0 Å². The fourth-order valence-electron chi connectivity index (χ4n) is 1.80. The molecule has 0 saturated carbocycles. The highest BCUT2D eigenvalue weighted by molar-refractivity contribution is 6.19. The number of carbonyl (C=O) groups excluding carboxylic acids is 2. The number of ether oxygens (including phenoxy) is 1. The van der Waals surface area contributed by atoms with Crippen LogP contribution in [0.2, 0.25) is 0 Å². The Kier molecular flexibility index (Phi) is 3.16. The van der Waals surface area contributed by atoms with Gasteiger partial charge in [0.25, 0.3) is 0 Å². The molecule has 0 amide bonds. The van der Waals surface area contributed by atoms with Crippen molar-refractivity contribution in [1.82, 2.24) is 0 Å². The molecular weight excluding hydrogens is 212 g/mol. The minimum absolute atomic E-state index is 0.0601. The average Bonchev–Trinajstić information content (AvgIpc) is 2.23. The summed E-state index contributed by atoms with van der Waals surface area (Å²) in [5.41, 5.74) is -0.987. The second-order valence-corrected chi connectivity index (χ2v) is 4.05. The van der Waals surface area contributed by atoms with Gasteiger partial charge < -0.3 is 9.84 Å². The Morgan fingerprint density at radius 2 is 2.00 bits per heavy atom. The molecule has 0 aromatic heterocycles. The molecule has 1 rings (SSSR count). The first-order chi connectivity index (χ1) is 7.34. The molecule has 0 aromatic rings. The van der Waals surface area contributed by atoms with Crippen molar-refractivity contribution >= 4 is 17.7 Å². The third-order valence-electron chi connectivity index (χ3n) is 3.20. The van der Waals surface area contributed by atoms with Crippen LogP contribution in [0.4, 0.5) is 0 Å². The van der Waals surface area contributed by atoms with E-state index in [0.717, 1.165) is 0 Å². The van der Waals surface area contributed by atoms with Gasteiger partial charge in [0.05, 0.1) is 12.5 Å². The van der Waals surface area contributed by atoms with Crippen LogP contribution in [0.5, 0.6) is 0 Å². The van der Waals surface area contributed by atoms with E-state index >= 15 is 0 Å². The number of Topliss-reactive ketones (excluding diaryl/α,β-unsaturated/α-hetero) is 1. The molecule has 0 spiro atoms. The Bertz CT molecular complexity index is 393. The maximum atomic E-state index is 11.6. The second-order valence-electron chi connectivity index (χ2n) is 4.05. The smallest absolute Gasteiger partial charge is 0.341 e. The fourth-order valence-corrected chi connectivity index (χ4v) is 1.80. The van der Waals surface area contributed by atoms with Gasteiger partial charge in [0.2, 0.25) is 0 Å². The van der Waals surface area contributed by atoms with Crippen LogP contribution >= 0.6 is 0 Å². The highest BCUT2D eigenvalue weighted by Crippen LogP contribution is 2.39. The summed E-state index contributed by atoms with van der Waals surface area (Å²) in [5.74, 6) is -2.13. The van der Waals surface area contributed by atoms with Gasteiger partial charge in [-0.2, -0.15) is 0 Å². The largest absolute Gasteiger partial charge is 0.481 e. The van der Waals surface area contributed by atoms with Crippen molar-refractivity contribution in [1.29, 1.82) is 0 Å². The molecule has 1 aliphatic carbocycles. The van der Waals surface area contributed by atoms with Crippen molar-refractivity contribution in [3.05, 3.63) is 11.1 Å². The summed E-state index contributed by atoms with van der Waals surface area (Å²) in [7, 11) is 1.17. The van der Waals surface area contributed by atoms with Crippen molar-refractivity contribution in [2.75, 3.05) is 7.11 Å². The Balaban J connectivity index is 3.33. The van der Waals surface area contributed by atoms with Crippen LogP contribution in [0.1, 0.15) is 26.7 Å². The lowest BCUT2D eigenvalue weighted by molar-refractivity contribution is -0.147. The zero-order chi connectivity index (χ0) is 12.5. The van der Waals surface area contributed by atoms with E-state index in [2.05, 4.69) is 4.74 Å². The van der Waals surface area contributed by atoms with Crippen LogP contribution in [0.15, 0.2) is 11.1 Å². The van der Waals surface area contributed by atoms with Crippen molar-refractivity contribution in [2.24, 2.45) is 5.41 Å². The number of carboxylic acid groups (broad SMARTS) is 1. The SMILES string of the molecule is COC(=O)C1=C(C)C(C)(C(=O)O)CCC1=O. The third-order valence-corrected chi connectivity index (χ3v) is 3.20. The average molecular weight is 226 g/mol. The minimum atomic E-state index is -1.16. The molecule has 0 aromatic carbocycles. The maximum Gasteiger partial charge on any atom is 0.341 e. The first-order valence-corrected chi connectivity index (χ1v) is 4.91. The number of aliphatic carboxylic acids is 1. The van der Waals surface area contributed by atoms with Crippen LogP contribution in [0, 0.1) is 5.41 Å². The van der Waals surface area contributed by atoms with E-state index in [1.54, 1.807) is 0 Å². The molecule has 1 unspecified atom stereocenters.